The van der Waals surface area contributed by atoms with Crippen molar-refractivity contribution in [3.63, 3.8) is 0 Å². The number of anilines is 1. The molecule has 1 amide bonds. The zero-order valence-corrected chi connectivity index (χ0v) is 15.0. The van der Waals surface area contributed by atoms with Crippen LogP contribution in [0, 0.1) is 5.92 Å². The number of pyridine rings is 1. The van der Waals surface area contributed by atoms with Gasteiger partial charge in [0.25, 0.3) is 0 Å². The minimum atomic E-state index is -1.01. The van der Waals surface area contributed by atoms with Gasteiger partial charge in [-0.3, -0.25) is 9.89 Å². The number of nitrogens with one attached hydrogen (secondary N) is 2. The molecule has 28 heavy (non-hydrogen) atoms. The van der Waals surface area contributed by atoms with E-state index in [1.54, 1.807) is 4.52 Å². The average Bonchev–Trinajstić information content (AvgIpc) is 3.57. The monoisotopic (exact) mass is 375 g/mol. The predicted octanol–water partition coefficient (Wildman–Crippen LogP) is 4.05. The highest BCUT2D eigenvalue weighted by Gasteiger charge is 2.43. The third-order valence-corrected chi connectivity index (χ3v) is 5.73. The van der Waals surface area contributed by atoms with E-state index in [0.29, 0.717) is 18.2 Å². The number of alkyl halides is 1. The number of fused-ring (bicyclic) bond motifs is 2. The highest BCUT2D eigenvalue weighted by Crippen LogP contribution is 2.46. The Labute approximate surface area is 159 Å². The standard InChI is InChI=1S/C21H18FN5O/c22-17-9-15(17)21(28)24-19-8-13-7-12(5-6-27(13)26-19)20-14(11-1-2-11)3-4-18-16(20)10-23-25-18/h3-8,10-11,15,17H,1-2,9H2,(H,23,25)(H,24,26,28)/t15-,17+/m1/s1. The van der Waals surface area contributed by atoms with Crippen LogP contribution in [0.15, 0.2) is 42.7 Å². The second kappa shape index (κ2) is 5.64. The van der Waals surface area contributed by atoms with Crippen molar-refractivity contribution in [3.8, 4) is 11.1 Å². The van der Waals surface area contributed by atoms with Crippen molar-refractivity contribution < 1.29 is 9.18 Å². The number of hydrogen-bond donors (Lipinski definition) is 2. The summed E-state index contributed by atoms with van der Waals surface area (Å²) in [5.41, 5.74) is 5.56. The number of halogens is 1. The third-order valence-electron chi connectivity index (χ3n) is 5.73. The average molecular weight is 375 g/mol. The van der Waals surface area contributed by atoms with Gasteiger partial charge >= 0.3 is 0 Å². The number of benzene rings is 1. The number of carbonyl (C=O) groups excluding carboxylic acids is 1. The summed E-state index contributed by atoms with van der Waals surface area (Å²) in [6.07, 6.45) is 5.51. The Hall–Kier alpha value is -3.22. The molecule has 6 nitrogen and oxygen atoms in total. The van der Waals surface area contributed by atoms with Crippen molar-refractivity contribution in [1.82, 2.24) is 19.8 Å². The van der Waals surface area contributed by atoms with Crippen molar-refractivity contribution in [3.05, 3.63) is 48.3 Å². The molecule has 140 valence electrons. The number of nitrogens with zero attached hydrogens (tertiary/aromatic N) is 3. The number of H-pyrrole nitrogens is 1. The first-order valence-electron chi connectivity index (χ1n) is 9.58. The maximum absolute atomic E-state index is 13.1. The molecule has 2 atom stereocenters. The van der Waals surface area contributed by atoms with E-state index in [1.165, 1.54) is 24.0 Å². The number of hydrogen-bond acceptors (Lipinski definition) is 3. The van der Waals surface area contributed by atoms with Crippen LogP contribution in [-0.2, 0) is 4.79 Å². The highest BCUT2D eigenvalue weighted by molar-refractivity contribution is 5.98. The number of rotatable bonds is 4. The highest BCUT2D eigenvalue weighted by atomic mass is 19.1. The largest absolute Gasteiger partial charge is 0.309 e. The molecular formula is C21H18FN5O. The van der Waals surface area contributed by atoms with Crippen LogP contribution < -0.4 is 5.32 Å². The van der Waals surface area contributed by atoms with Gasteiger partial charge in [-0.2, -0.15) is 10.2 Å². The van der Waals surface area contributed by atoms with Gasteiger partial charge in [0, 0.05) is 17.6 Å². The SMILES string of the molecule is O=C(Nc1cc2cc(-c3c(C4CC4)ccc4[nH]ncc34)ccn2n1)[C@@H]1C[C@@H]1F. The van der Waals surface area contributed by atoms with E-state index in [0.717, 1.165) is 22.0 Å². The summed E-state index contributed by atoms with van der Waals surface area (Å²) >= 11 is 0. The van der Waals surface area contributed by atoms with Gasteiger partial charge in [-0.1, -0.05) is 6.07 Å². The molecule has 0 unspecified atom stereocenters. The number of carbonyl (C=O) groups is 1. The second-order valence-corrected chi connectivity index (χ2v) is 7.80. The van der Waals surface area contributed by atoms with Crippen LogP contribution in [0.2, 0.25) is 0 Å². The molecule has 2 saturated carbocycles. The van der Waals surface area contributed by atoms with Crippen molar-refractivity contribution in [2.24, 2.45) is 5.92 Å². The lowest BCUT2D eigenvalue weighted by Gasteiger charge is -2.11. The fourth-order valence-electron chi connectivity index (χ4n) is 3.96. The lowest BCUT2D eigenvalue weighted by molar-refractivity contribution is -0.117. The fourth-order valence-corrected chi connectivity index (χ4v) is 3.96. The zero-order chi connectivity index (χ0) is 18.8. The molecule has 4 aromatic rings. The van der Waals surface area contributed by atoms with Crippen LogP contribution in [0.3, 0.4) is 0 Å². The van der Waals surface area contributed by atoms with Gasteiger partial charge in [0.2, 0.25) is 5.91 Å². The molecule has 0 saturated heterocycles. The number of aromatic amines is 1. The summed E-state index contributed by atoms with van der Waals surface area (Å²) in [7, 11) is 0. The second-order valence-electron chi connectivity index (χ2n) is 7.80. The van der Waals surface area contributed by atoms with E-state index in [2.05, 4.69) is 38.8 Å². The Bertz CT molecular complexity index is 1240. The topological polar surface area (TPSA) is 75.1 Å². The molecule has 2 fully saturated rings. The van der Waals surface area contributed by atoms with Crippen molar-refractivity contribution in [2.45, 2.75) is 31.4 Å². The summed E-state index contributed by atoms with van der Waals surface area (Å²) in [6.45, 7) is 0. The molecule has 6 rings (SSSR count). The molecule has 3 aromatic heterocycles. The molecule has 2 N–H and O–H groups in total. The molecule has 2 aliphatic carbocycles. The van der Waals surface area contributed by atoms with Crippen molar-refractivity contribution in [1.29, 1.82) is 0 Å². The van der Waals surface area contributed by atoms with E-state index in [9.17, 15) is 9.18 Å². The quantitative estimate of drug-likeness (QED) is 0.565. The first-order chi connectivity index (χ1) is 13.7. The molecule has 7 heteroatoms. The van der Waals surface area contributed by atoms with Crippen LogP contribution in [0.4, 0.5) is 10.2 Å². The van der Waals surface area contributed by atoms with Gasteiger partial charge in [0.15, 0.2) is 5.82 Å². The van der Waals surface area contributed by atoms with Crippen molar-refractivity contribution in [2.75, 3.05) is 5.32 Å². The van der Waals surface area contributed by atoms with Gasteiger partial charge < -0.3 is 5.32 Å². The van der Waals surface area contributed by atoms with E-state index in [1.807, 2.05) is 24.5 Å². The van der Waals surface area contributed by atoms with Gasteiger partial charge in [-0.15, -0.1) is 0 Å². The van der Waals surface area contributed by atoms with Gasteiger partial charge in [-0.25, -0.2) is 8.91 Å². The first kappa shape index (κ1) is 15.8. The molecule has 1 aromatic carbocycles. The Kier molecular flexibility index (Phi) is 3.18. The molecular weight excluding hydrogens is 357 g/mol. The van der Waals surface area contributed by atoms with Crippen LogP contribution in [0.1, 0.15) is 30.7 Å². The molecule has 2 aliphatic rings. The Balaban J connectivity index is 1.42. The van der Waals surface area contributed by atoms with E-state index in [-0.39, 0.29) is 5.91 Å². The normalized spacial score (nSPS) is 21.3. The van der Waals surface area contributed by atoms with Gasteiger partial charge in [-0.05, 0) is 60.1 Å². The maximum Gasteiger partial charge on any atom is 0.231 e. The molecule has 0 bridgehead atoms. The van der Waals surface area contributed by atoms with Crippen LogP contribution in [-0.4, -0.2) is 31.9 Å². The summed E-state index contributed by atoms with van der Waals surface area (Å²) < 4.78 is 14.8. The summed E-state index contributed by atoms with van der Waals surface area (Å²) in [5, 5.41) is 15.5. The lowest BCUT2D eigenvalue weighted by atomic mass is 9.94. The maximum atomic E-state index is 13.1. The summed E-state index contributed by atoms with van der Waals surface area (Å²) in [6, 6.07) is 10.2. The van der Waals surface area contributed by atoms with Crippen LogP contribution in [0.25, 0.3) is 27.5 Å². The molecule has 0 spiro atoms. The summed E-state index contributed by atoms with van der Waals surface area (Å²) in [4.78, 5) is 12.0. The smallest absolute Gasteiger partial charge is 0.231 e. The lowest BCUT2D eigenvalue weighted by Crippen LogP contribution is -2.15. The minimum Gasteiger partial charge on any atom is -0.309 e. The number of amides is 1. The molecule has 3 heterocycles. The van der Waals surface area contributed by atoms with E-state index in [4.69, 9.17) is 0 Å². The number of aromatic nitrogens is 4. The predicted molar refractivity (Wildman–Crippen MR) is 104 cm³/mol. The molecule has 0 radical (unpaired) electrons. The Morgan fingerprint density at radius 3 is 2.89 bits per heavy atom. The van der Waals surface area contributed by atoms with Crippen molar-refractivity contribution >= 4 is 28.1 Å². The van der Waals surface area contributed by atoms with Crippen LogP contribution in [0.5, 0.6) is 0 Å². The summed E-state index contributed by atoms with van der Waals surface area (Å²) in [5.74, 6) is 0.234. The molecule has 0 aliphatic heterocycles. The Morgan fingerprint density at radius 1 is 1.25 bits per heavy atom. The fraction of sp³-hybridized carbons (Fsp3) is 0.286. The van der Waals surface area contributed by atoms with E-state index >= 15 is 0 Å². The van der Waals surface area contributed by atoms with Gasteiger partial charge in [0.1, 0.15) is 6.17 Å². The minimum absolute atomic E-state index is 0.296. The van der Waals surface area contributed by atoms with Gasteiger partial charge in [0.05, 0.1) is 23.1 Å². The Morgan fingerprint density at radius 2 is 2.11 bits per heavy atom. The first-order valence-corrected chi connectivity index (χ1v) is 9.58. The van der Waals surface area contributed by atoms with Crippen LogP contribution >= 0.6 is 0 Å². The third kappa shape index (κ3) is 2.50. The zero-order valence-electron chi connectivity index (χ0n) is 15.0. The van der Waals surface area contributed by atoms with E-state index < -0.39 is 12.1 Å².